The van der Waals surface area contributed by atoms with Crippen LogP contribution in [0.2, 0.25) is 0 Å². The fourth-order valence-electron chi connectivity index (χ4n) is 2.32. The van der Waals surface area contributed by atoms with E-state index in [2.05, 4.69) is 10.2 Å². The van der Waals surface area contributed by atoms with Crippen LogP contribution in [0.5, 0.6) is 0 Å². The first-order valence-electron chi connectivity index (χ1n) is 7.16. The molecule has 7 nitrogen and oxygen atoms in total. The molecule has 0 radical (unpaired) electrons. The molecule has 1 aliphatic rings. The third-order valence-corrected chi connectivity index (χ3v) is 3.54. The van der Waals surface area contributed by atoms with Crippen molar-refractivity contribution in [2.45, 2.75) is 6.10 Å². The molecule has 1 atom stereocenters. The topological polar surface area (TPSA) is 78.2 Å². The minimum atomic E-state index is -0.623. The summed E-state index contributed by atoms with van der Waals surface area (Å²) >= 11 is 0. The van der Waals surface area contributed by atoms with Gasteiger partial charge in [-0.25, -0.2) is 4.79 Å². The number of amides is 2. The molecule has 1 aliphatic heterocycles. The fraction of sp³-hybridized carbons (Fsp3) is 0.643. The highest BCUT2D eigenvalue weighted by molar-refractivity contribution is 5.85. The number of aliphatic hydroxyl groups is 1. The summed E-state index contributed by atoms with van der Waals surface area (Å²) in [5.74, 6) is 0.578. The standard InChI is InChI=1S/C14H23N3O4.ClH/c1-20-10-4-15-14(19)17-7-5-16(6-8-17)11-12(18)13-3-2-9-21-13;/h2-3,9,12,18H,4-8,10-11H2,1H3,(H,15,19);1H. The molecule has 1 aromatic heterocycles. The molecule has 0 aromatic carbocycles. The van der Waals surface area contributed by atoms with E-state index in [1.807, 2.05) is 0 Å². The Morgan fingerprint density at radius 1 is 1.45 bits per heavy atom. The number of β-amino-alcohol motifs (C(OH)–C–C–N with tert-alkyl or cyclic N) is 1. The van der Waals surface area contributed by atoms with Crippen LogP contribution in [0.3, 0.4) is 0 Å². The van der Waals surface area contributed by atoms with E-state index in [9.17, 15) is 9.90 Å². The molecule has 126 valence electrons. The monoisotopic (exact) mass is 333 g/mol. The second-order valence-corrected chi connectivity index (χ2v) is 5.04. The first kappa shape index (κ1) is 18.8. The molecule has 2 N–H and O–H groups in total. The van der Waals surface area contributed by atoms with E-state index >= 15 is 0 Å². The number of ether oxygens (including phenoxy) is 1. The van der Waals surface area contributed by atoms with E-state index in [4.69, 9.17) is 9.15 Å². The van der Waals surface area contributed by atoms with Crippen molar-refractivity contribution in [2.75, 3.05) is 53.0 Å². The Morgan fingerprint density at radius 3 is 2.77 bits per heavy atom. The van der Waals surface area contributed by atoms with Gasteiger partial charge in [-0.1, -0.05) is 0 Å². The maximum Gasteiger partial charge on any atom is 0.317 e. The van der Waals surface area contributed by atoms with Crippen LogP contribution in [0.1, 0.15) is 11.9 Å². The molecule has 2 rings (SSSR count). The zero-order valence-corrected chi connectivity index (χ0v) is 13.6. The number of piperazine rings is 1. The third kappa shape index (κ3) is 5.49. The Balaban J connectivity index is 0.00000242. The van der Waals surface area contributed by atoms with Crippen molar-refractivity contribution >= 4 is 18.4 Å². The van der Waals surface area contributed by atoms with Crippen LogP contribution >= 0.6 is 12.4 Å². The number of rotatable bonds is 6. The molecule has 0 bridgehead atoms. The molecule has 1 aromatic rings. The maximum absolute atomic E-state index is 11.9. The summed E-state index contributed by atoms with van der Waals surface area (Å²) in [4.78, 5) is 15.8. The van der Waals surface area contributed by atoms with Crippen LogP contribution in [0.15, 0.2) is 22.8 Å². The van der Waals surface area contributed by atoms with Crippen molar-refractivity contribution < 1.29 is 19.1 Å². The zero-order chi connectivity index (χ0) is 15.1. The highest BCUT2D eigenvalue weighted by atomic mass is 35.5. The molecule has 0 saturated carbocycles. The summed E-state index contributed by atoms with van der Waals surface area (Å²) in [6.07, 6.45) is 0.933. The van der Waals surface area contributed by atoms with Crippen LogP contribution in [-0.4, -0.2) is 73.9 Å². The number of carbonyl (C=O) groups is 1. The number of aliphatic hydroxyl groups excluding tert-OH is 1. The zero-order valence-electron chi connectivity index (χ0n) is 12.7. The summed E-state index contributed by atoms with van der Waals surface area (Å²) in [5.41, 5.74) is 0. The molecular formula is C14H24ClN3O4. The Hall–Kier alpha value is -1.28. The summed E-state index contributed by atoms with van der Waals surface area (Å²) in [6, 6.07) is 3.48. The molecule has 1 unspecified atom stereocenters. The molecule has 22 heavy (non-hydrogen) atoms. The molecule has 8 heteroatoms. The van der Waals surface area contributed by atoms with Crippen molar-refractivity contribution in [2.24, 2.45) is 0 Å². The third-order valence-electron chi connectivity index (χ3n) is 3.54. The van der Waals surface area contributed by atoms with Gasteiger partial charge in [-0.05, 0) is 12.1 Å². The van der Waals surface area contributed by atoms with E-state index in [0.717, 1.165) is 13.1 Å². The van der Waals surface area contributed by atoms with Crippen molar-refractivity contribution in [3.05, 3.63) is 24.2 Å². The highest BCUT2D eigenvalue weighted by Gasteiger charge is 2.23. The van der Waals surface area contributed by atoms with Gasteiger partial charge in [0.1, 0.15) is 11.9 Å². The molecule has 0 spiro atoms. The first-order chi connectivity index (χ1) is 10.2. The fourth-order valence-corrected chi connectivity index (χ4v) is 2.32. The first-order valence-corrected chi connectivity index (χ1v) is 7.16. The second-order valence-electron chi connectivity index (χ2n) is 5.04. The predicted octanol–water partition coefficient (Wildman–Crippen LogP) is 0.708. The van der Waals surface area contributed by atoms with Gasteiger partial charge >= 0.3 is 6.03 Å². The van der Waals surface area contributed by atoms with E-state index in [1.165, 1.54) is 0 Å². The highest BCUT2D eigenvalue weighted by Crippen LogP contribution is 2.15. The smallest absolute Gasteiger partial charge is 0.317 e. The number of nitrogens with one attached hydrogen (secondary N) is 1. The number of carbonyl (C=O) groups excluding carboxylic acids is 1. The van der Waals surface area contributed by atoms with Crippen molar-refractivity contribution in [1.29, 1.82) is 0 Å². The number of halogens is 1. The van der Waals surface area contributed by atoms with Gasteiger partial charge in [0.2, 0.25) is 0 Å². The number of furan rings is 1. The van der Waals surface area contributed by atoms with Gasteiger partial charge in [-0.15, -0.1) is 12.4 Å². The lowest BCUT2D eigenvalue weighted by Gasteiger charge is -2.35. The lowest BCUT2D eigenvalue weighted by molar-refractivity contribution is 0.0689. The molecule has 1 fully saturated rings. The molecule has 1 saturated heterocycles. The number of methoxy groups -OCH3 is 1. The van der Waals surface area contributed by atoms with E-state index < -0.39 is 6.10 Å². The van der Waals surface area contributed by atoms with Crippen LogP contribution in [0.4, 0.5) is 4.79 Å². The second kappa shape index (κ2) is 9.68. The lowest BCUT2D eigenvalue weighted by atomic mass is 10.2. The summed E-state index contributed by atoms with van der Waals surface area (Å²) in [5, 5.41) is 12.8. The Bertz CT molecular complexity index is 422. The number of hydrogen-bond acceptors (Lipinski definition) is 5. The molecular weight excluding hydrogens is 310 g/mol. The minimum absolute atomic E-state index is 0. The van der Waals surface area contributed by atoms with E-state index in [1.54, 1.807) is 30.4 Å². The van der Waals surface area contributed by atoms with Crippen LogP contribution in [0.25, 0.3) is 0 Å². The summed E-state index contributed by atoms with van der Waals surface area (Å²) < 4.78 is 10.1. The summed E-state index contributed by atoms with van der Waals surface area (Å²) in [7, 11) is 1.61. The van der Waals surface area contributed by atoms with Gasteiger partial charge in [-0.3, -0.25) is 4.90 Å². The molecule has 2 amide bonds. The van der Waals surface area contributed by atoms with E-state index in [0.29, 0.717) is 38.5 Å². The minimum Gasteiger partial charge on any atom is -0.467 e. The van der Waals surface area contributed by atoms with E-state index in [-0.39, 0.29) is 18.4 Å². The maximum atomic E-state index is 11.9. The quantitative estimate of drug-likeness (QED) is 0.750. The largest absolute Gasteiger partial charge is 0.467 e. The SMILES string of the molecule is COCCNC(=O)N1CCN(CC(O)c2ccco2)CC1.Cl. The van der Waals surface area contributed by atoms with Gasteiger partial charge < -0.3 is 24.5 Å². The normalized spacial score (nSPS) is 16.9. The molecule has 2 heterocycles. The Labute approximate surface area is 136 Å². The van der Waals surface area contributed by atoms with Crippen molar-refractivity contribution in [3.63, 3.8) is 0 Å². The van der Waals surface area contributed by atoms with Gasteiger partial charge in [-0.2, -0.15) is 0 Å². The average Bonchev–Trinajstić information content (AvgIpc) is 3.02. The van der Waals surface area contributed by atoms with Crippen LogP contribution in [-0.2, 0) is 4.74 Å². The van der Waals surface area contributed by atoms with Crippen molar-refractivity contribution in [1.82, 2.24) is 15.1 Å². The van der Waals surface area contributed by atoms with Crippen LogP contribution in [0, 0.1) is 0 Å². The Morgan fingerprint density at radius 2 is 2.18 bits per heavy atom. The lowest BCUT2D eigenvalue weighted by Crippen LogP contribution is -2.52. The van der Waals surface area contributed by atoms with Crippen molar-refractivity contribution in [3.8, 4) is 0 Å². The number of nitrogens with zero attached hydrogens (tertiary/aromatic N) is 2. The van der Waals surface area contributed by atoms with Gasteiger partial charge in [0, 0.05) is 46.4 Å². The summed E-state index contributed by atoms with van der Waals surface area (Å²) in [6.45, 7) is 4.36. The number of urea groups is 1. The number of hydrogen-bond donors (Lipinski definition) is 2. The van der Waals surface area contributed by atoms with Crippen LogP contribution < -0.4 is 5.32 Å². The average molecular weight is 334 g/mol. The van der Waals surface area contributed by atoms with Gasteiger partial charge in [0.25, 0.3) is 0 Å². The predicted molar refractivity (Wildman–Crippen MR) is 84.2 cm³/mol. The molecule has 0 aliphatic carbocycles. The Kier molecular flexibility index (Phi) is 8.26. The van der Waals surface area contributed by atoms with Gasteiger partial charge in [0.05, 0.1) is 12.9 Å². The van der Waals surface area contributed by atoms with Gasteiger partial charge in [0.15, 0.2) is 0 Å².